The van der Waals surface area contributed by atoms with E-state index >= 15 is 0 Å². The number of fused-ring (bicyclic) bond motifs is 2. The molecule has 1 saturated carbocycles. The van der Waals surface area contributed by atoms with Crippen LogP contribution in [0.15, 0.2) is 30.3 Å². The molecule has 5 aliphatic rings. The Morgan fingerprint density at radius 3 is 2.68 bits per heavy atom. The van der Waals surface area contributed by atoms with Crippen LogP contribution in [-0.4, -0.2) is 30.3 Å². The zero-order valence-electron chi connectivity index (χ0n) is 17.2. The molecule has 6 rings (SSSR count). The topological polar surface area (TPSA) is 49.0 Å². The molecule has 1 aliphatic carbocycles. The van der Waals surface area contributed by atoms with Crippen LogP contribution in [0.3, 0.4) is 0 Å². The number of rotatable bonds is 4. The largest absolute Gasteiger partial charge is 0.385 e. The van der Waals surface area contributed by atoms with Gasteiger partial charge in [-0.15, -0.1) is 0 Å². The fraction of sp³-hybridized carbons (Fsp3) is 0.739. The average molecular weight is 388 g/mol. The summed E-state index contributed by atoms with van der Waals surface area (Å²) in [5, 5.41) is 3.52. The van der Waals surface area contributed by atoms with Crippen molar-refractivity contribution in [2.45, 2.75) is 76.7 Å². The van der Waals surface area contributed by atoms with Crippen molar-refractivity contribution in [3.05, 3.63) is 30.3 Å². The Hall–Kier alpha value is -1.14. The maximum Gasteiger partial charge on any atom is 0.201 e. The van der Waals surface area contributed by atoms with Crippen molar-refractivity contribution in [1.29, 1.82) is 0 Å². The number of ether oxygens (including phenoxy) is 2. The molecule has 28 heavy (non-hydrogen) atoms. The highest BCUT2D eigenvalue weighted by molar-refractivity contribution is 5.42. The van der Waals surface area contributed by atoms with Crippen molar-refractivity contribution in [3.63, 3.8) is 0 Å². The van der Waals surface area contributed by atoms with E-state index in [4.69, 9.17) is 19.2 Å². The van der Waals surface area contributed by atoms with Gasteiger partial charge in [0.2, 0.25) is 5.79 Å². The predicted molar refractivity (Wildman–Crippen MR) is 106 cm³/mol. The summed E-state index contributed by atoms with van der Waals surface area (Å²) in [5.74, 6) is 1.19. The third-order valence-corrected chi connectivity index (χ3v) is 7.83. The first-order valence-corrected chi connectivity index (χ1v) is 11.0. The van der Waals surface area contributed by atoms with E-state index < -0.39 is 11.4 Å². The lowest BCUT2D eigenvalue weighted by Crippen LogP contribution is -2.70. The molecule has 5 heteroatoms. The molecule has 1 aromatic rings. The predicted octanol–water partition coefficient (Wildman–Crippen LogP) is 4.74. The third-order valence-electron chi connectivity index (χ3n) is 7.83. The van der Waals surface area contributed by atoms with E-state index in [-0.39, 0.29) is 12.4 Å². The van der Waals surface area contributed by atoms with Crippen LogP contribution in [0.4, 0.5) is 5.69 Å². The highest BCUT2D eigenvalue weighted by Crippen LogP contribution is 2.60. The molecule has 1 spiro atoms. The Labute approximate surface area is 168 Å². The monoisotopic (exact) mass is 387 g/mol. The molecule has 0 aromatic heterocycles. The molecular weight excluding hydrogens is 354 g/mol. The highest BCUT2D eigenvalue weighted by Gasteiger charge is 2.69. The first kappa shape index (κ1) is 18.9. The maximum absolute atomic E-state index is 6.63. The number of anilines is 1. The van der Waals surface area contributed by atoms with Gasteiger partial charge in [-0.2, -0.15) is 0 Å². The van der Waals surface area contributed by atoms with Crippen LogP contribution in [0.2, 0.25) is 0 Å². The zero-order valence-corrected chi connectivity index (χ0v) is 17.2. The second-order valence-corrected chi connectivity index (χ2v) is 9.53. The van der Waals surface area contributed by atoms with E-state index in [9.17, 15) is 0 Å². The quantitative estimate of drug-likeness (QED) is 0.756. The molecule has 4 heterocycles. The first-order chi connectivity index (χ1) is 13.5. The molecule has 0 radical (unpaired) electrons. The van der Waals surface area contributed by atoms with E-state index in [1.807, 2.05) is 13.0 Å². The smallest absolute Gasteiger partial charge is 0.201 e. The van der Waals surface area contributed by atoms with Crippen LogP contribution in [-0.2, 0) is 19.2 Å². The molecule has 0 unspecified atom stereocenters. The van der Waals surface area contributed by atoms with E-state index in [0.717, 1.165) is 37.9 Å². The summed E-state index contributed by atoms with van der Waals surface area (Å²) in [6.45, 7) is 7.57. The summed E-state index contributed by atoms with van der Waals surface area (Å²) >= 11 is 0. The van der Waals surface area contributed by atoms with Crippen molar-refractivity contribution in [1.82, 2.24) is 0 Å². The van der Waals surface area contributed by atoms with Crippen LogP contribution in [0.25, 0.3) is 0 Å². The Bertz CT molecular complexity index is 699. The minimum absolute atomic E-state index is 0.164. The van der Waals surface area contributed by atoms with E-state index in [1.165, 1.54) is 6.42 Å². The average Bonchev–Trinajstić information content (AvgIpc) is 2.92. The summed E-state index contributed by atoms with van der Waals surface area (Å²) in [6, 6.07) is 10.4. The summed E-state index contributed by atoms with van der Waals surface area (Å²) in [7, 11) is 0. The summed E-state index contributed by atoms with van der Waals surface area (Å²) in [4.78, 5) is 12.1. The highest BCUT2D eigenvalue weighted by atomic mass is 17.3. The molecule has 2 bridgehead atoms. The minimum Gasteiger partial charge on any atom is -0.385 e. The van der Waals surface area contributed by atoms with E-state index in [1.54, 1.807) is 0 Å². The first-order valence-electron chi connectivity index (χ1n) is 11.0. The second-order valence-electron chi connectivity index (χ2n) is 9.53. The molecular formula is C23H33NO4. The number of nitrogens with one attached hydrogen (secondary N) is 1. The van der Waals surface area contributed by atoms with Gasteiger partial charge in [0, 0.05) is 24.6 Å². The van der Waals surface area contributed by atoms with Gasteiger partial charge in [-0.1, -0.05) is 32.0 Å². The standard InChI is InChI=1S/C23H33NO4/c1-15-9-10-19-16(2)20(12-14-24-17-7-5-4-6-8-17)25-21-23(19)18(15)11-13-22(3,26-21)27-28-23/h4-8,15-16,18-21,24H,9-14H2,1-3H3/t15-,16-,18+,19+,20-,21-,22+,23-/m1/s1. The van der Waals surface area contributed by atoms with Gasteiger partial charge in [0.1, 0.15) is 0 Å². The van der Waals surface area contributed by atoms with Crippen LogP contribution >= 0.6 is 0 Å². The number of hydrogen-bond donors (Lipinski definition) is 1. The normalized spacial score (nSPS) is 47.2. The van der Waals surface area contributed by atoms with Gasteiger partial charge in [-0.3, -0.25) is 0 Å². The van der Waals surface area contributed by atoms with Crippen molar-refractivity contribution in [3.8, 4) is 0 Å². The van der Waals surface area contributed by atoms with Crippen LogP contribution in [0.5, 0.6) is 0 Å². The van der Waals surface area contributed by atoms with Crippen molar-refractivity contribution in [2.75, 3.05) is 11.9 Å². The lowest BCUT2D eigenvalue weighted by Gasteiger charge is -2.60. The molecule has 1 N–H and O–H groups in total. The van der Waals surface area contributed by atoms with Crippen LogP contribution in [0, 0.1) is 23.7 Å². The second kappa shape index (κ2) is 6.98. The third kappa shape index (κ3) is 2.90. The Morgan fingerprint density at radius 1 is 1.04 bits per heavy atom. The fourth-order valence-electron chi connectivity index (χ4n) is 6.22. The Morgan fingerprint density at radius 2 is 1.86 bits per heavy atom. The maximum atomic E-state index is 6.63. The molecule has 4 aliphatic heterocycles. The zero-order chi connectivity index (χ0) is 19.4. The Balaban J connectivity index is 1.36. The Kier molecular flexibility index (Phi) is 4.70. The SMILES string of the molecule is C[C@H]1[C@@H](CCNc2ccccc2)O[C@@H]2O[C@]3(C)CC[C@H]4[C@H](C)CC[C@@H]1[C@@]24OO3. The van der Waals surface area contributed by atoms with E-state index in [2.05, 4.69) is 43.4 Å². The lowest BCUT2D eigenvalue weighted by atomic mass is 9.57. The summed E-state index contributed by atoms with van der Waals surface area (Å²) in [5.41, 5.74) is 0.708. The van der Waals surface area contributed by atoms with Crippen molar-refractivity contribution < 1.29 is 19.2 Å². The van der Waals surface area contributed by atoms with Crippen molar-refractivity contribution >= 4 is 5.69 Å². The molecule has 0 amide bonds. The number of hydrogen-bond acceptors (Lipinski definition) is 5. The molecule has 154 valence electrons. The molecule has 4 saturated heterocycles. The van der Waals surface area contributed by atoms with Gasteiger partial charge in [0.05, 0.1) is 6.10 Å². The van der Waals surface area contributed by atoms with Gasteiger partial charge < -0.3 is 14.8 Å². The van der Waals surface area contributed by atoms with Crippen molar-refractivity contribution in [2.24, 2.45) is 23.7 Å². The van der Waals surface area contributed by atoms with Crippen LogP contribution < -0.4 is 5.32 Å². The number of para-hydroxylation sites is 1. The van der Waals surface area contributed by atoms with Gasteiger partial charge in [0.25, 0.3) is 0 Å². The summed E-state index contributed by atoms with van der Waals surface area (Å²) in [6.07, 6.45) is 5.15. The fourth-order valence-corrected chi connectivity index (χ4v) is 6.22. The lowest BCUT2D eigenvalue weighted by molar-refractivity contribution is -0.571. The van der Waals surface area contributed by atoms with Gasteiger partial charge >= 0.3 is 0 Å². The van der Waals surface area contributed by atoms with Gasteiger partial charge in [-0.25, -0.2) is 9.78 Å². The molecule has 8 atom stereocenters. The summed E-state index contributed by atoms with van der Waals surface area (Å²) < 4.78 is 13.1. The minimum atomic E-state index is -0.690. The molecule has 1 aromatic carbocycles. The van der Waals surface area contributed by atoms with Gasteiger partial charge in [-0.05, 0) is 62.5 Å². The van der Waals surface area contributed by atoms with Crippen LogP contribution in [0.1, 0.15) is 52.9 Å². The van der Waals surface area contributed by atoms with E-state index in [0.29, 0.717) is 23.7 Å². The molecule has 5 fully saturated rings. The molecule has 5 nitrogen and oxygen atoms in total. The van der Waals surface area contributed by atoms with Gasteiger partial charge in [0.15, 0.2) is 11.9 Å². The number of benzene rings is 1.